The minimum absolute atomic E-state index is 0.00677. The molecule has 0 fully saturated rings. The maximum atomic E-state index is 11.3. The molecule has 0 aliphatic rings. The number of hydrogen-bond donors (Lipinski definition) is 2. The molecule has 0 saturated heterocycles. The number of carbonyl (C=O) groups excluding carboxylic acids is 1. The van der Waals surface area contributed by atoms with Crippen LogP contribution < -0.4 is 0 Å². The number of Topliss-reactive ketones (excluding diaryl/α,β-unsaturated/α-hetero) is 1. The van der Waals surface area contributed by atoms with Gasteiger partial charge in [0, 0.05) is 5.39 Å². The van der Waals surface area contributed by atoms with Crippen LogP contribution in [0.4, 0.5) is 0 Å². The van der Waals surface area contributed by atoms with Crippen LogP contribution in [0, 0.1) is 0 Å². The van der Waals surface area contributed by atoms with Crippen molar-refractivity contribution in [1.29, 1.82) is 0 Å². The molecule has 3 aromatic rings. The number of H-pyrrole nitrogens is 1. The van der Waals surface area contributed by atoms with E-state index in [-0.39, 0.29) is 11.3 Å². The zero-order valence-electron chi connectivity index (χ0n) is 10.5. The van der Waals surface area contributed by atoms with Gasteiger partial charge in [-0.15, -0.1) is 11.3 Å². The predicted molar refractivity (Wildman–Crippen MR) is 76.4 cm³/mol. The highest BCUT2D eigenvalue weighted by Gasteiger charge is 2.14. The Morgan fingerprint density at radius 2 is 2.05 bits per heavy atom. The van der Waals surface area contributed by atoms with Crippen LogP contribution in [0.3, 0.4) is 0 Å². The molecule has 1 aromatic carbocycles. The van der Waals surface area contributed by atoms with Crippen molar-refractivity contribution < 1.29 is 14.7 Å². The highest BCUT2D eigenvalue weighted by Crippen LogP contribution is 2.32. The van der Waals surface area contributed by atoms with Gasteiger partial charge >= 0.3 is 5.97 Å². The summed E-state index contributed by atoms with van der Waals surface area (Å²) in [6.45, 7) is 1.51. The second kappa shape index (κ2) is 4.57. The van der Waals surface area contributed by atoms with E-state index in [1.54, 1.807) is 18.2 Å². The molecule has 0 aliphatic carbocycles. The fraction of sp³-hybridized carbons (Fsp3) is 0.0714. The van der Waals surface area contributed by atoms with Gasteiger partial charge in [-0.2, -0.15) is 5.10 Å². The summed E-state index contributed by atoms with van der Waals surface area (Å²) in [4.78, 5) is 23.9. The van der Waals surface area contributed by atoms with Crippen molar-refractivity contribution in [2.75, 3.05) is 0 Å². The number of carbonyl (C=O) groups is 2. The Balaban J connectivity index is 2.17. The summed E-state index contributed by atoms with van der Waals surface area (Å²) in [7, 11) is 0. The summed E-state index contributed by atoms with van der Waals surface area (Å²) >= 11 is 1.35. The van der Waals surface area contributed by atoms with Gasteiger partial charge in [0.2, 0.25) is 0 Å². The Morgan fingerprint density at radius 1 is 1.25 bits per heavy atom. The van der Waals surface area contributed by atoms with Crippen molar-refractivity contribution >= 4 is 34.0 Å². The Hall–Kier alpha value is -2.47. The van der Waals surface area contributed by atoms with Gasteiger partial charge in [0.05, 0.1) is 20.8 Å². The zero-order valence-corrected chi connectivity index (χ0v) is 11.3. The Labute approximate surface area is 117 Å². The van der Waals surface area contributed by atoms with Crippen LogP contribution in [0.1, 0.15) is 27.0 Å². The molecule has 2 N–H and O–H groups in total. The first kappa shape index (κ1) is 12.6. The Bertz CT molecular complexity index is 832. The standard InChI is InChI=1S/C14H10N2O3S/c1-7(17)11-4-5-12(20-11)13-9-6-8(14(18)19)2-3-10(9)15-16-13/h2-6H,1H3,(H,15,16)(H,18,19). The van der Waals surface area contributed by atoms with Gasteiger partial charge in [0.25, 0.3) is 0 Å². The van der Waals surface area contributed by atoms with Gasteiger partial charge < -0.3 is 5.11 Å². The maximum Gasteiger partial charge on any atom is 0.335 e. The van der Waals surface area contributed by atoms with Crippen LogP contribution in [0.25, 0.3) is 21.5 Å². The zero-order chi connectivity index (χ0) is 14.3. The second-order valence-electron chi connectivity index (χ2n) is 4.36. The molecule has 20 heavy (non-hydrogen) atoms. The van der Waals surface area contributed by atoms with E-state index in [4.69, 9.17) is 5.11 Å². The van der Waals surface area contributed by atoms with Crippen LogP contribution in [-0.4, -0.2) is 27.1 Å². The summed E-state index contributed by atoms with van der Waals surface area (Å²) in [6, 6.07) is 8.38. The SMILES string of the molecule is CC(=O)c1ccc(-c2n[nH]c3ccc(C(=O)O)cc23)s1. The van der Waals surface area contributed by atoms with Crippen LogP contribution in [0.5, 0.6) is 0 Å². The fourth-order valence-corrected chi connectivity index (χ4v) is 2.89. The lowest BCUT2D eigenvalue weighted by molar-refractivity contribution is 0.0697. The topological polar surface area (TPSA) is 83.0 Å². The molecule has 3 rings (SSSR count). The maximum absolute atomic E-state index is 11.3. The summed E-state index contributed by atoms with van der Waals surface area (Å²) in [6.07, 6.45) is 0. The molecule has 0 radical (unpaired) electrons. The number of nitrogens with one attached hydrogen (secondary N) is 1. The normalized spacial score (nSPS) is 10.8. The van der Waals surface area contributed by atoms with Crippen molar-refractivity contribution in [2.45, 2.75) is 6.92 Å². The molecular weight excluding hydrogens is 276 g/mol. The minimum Gasteiger partial charge on any atom is -0.478 e. The minimum atomic E-state index is -0.977. The lowest BCUT2D eigenvalue weighted by Gasteiger charge is -1.96. The average Bonchev–Trinajstić information content (AvgIpc) is 3.03. The third kappa shape index (κ3) is 2.00. The lowest BCUT2D eigenvalue weighted by Crippen LogP contribution is -1.94. The van der Waals surface area contributed by atoms with Crippen LogP contribution in [0.2, 0.25) is 0 Å². The van der Waals surface area contributed by atoms with Crippen molar-refractivity contribution in [3.8, 4) is 10.6 Å². The molecule has 0 amide bonds. The van der Waals surface area contributed by atoms with E-state index < -0.39 is 5.97 Å². The van der Waals surface area contributed by atoms with E-state index in [2.05, 4.69) is 10.2 Å². The quantitative estimate of drug-likeness (QED) is 0.724. The van der Waals surface area contributed by atoms with Crippen LogP contribution in [0.15, 0.2) is 30.3 Å². The van der Waals surface area contributed by atoms with Crippen molar-refractivity contribution in [3.63, 3.8) is 0 Å². The number of benzene rings is 1. The number of carboxylic acid groups (broad SMARTS) is 1. The number of aromatic amines is 1. The monoisotopic (exact) mass is 286 g/mol. The molecule has 0 spiro atoms. The Morgan fingerprint density at radius 3 is 2.70 bits per heavy atom. The summed E-state index contributed by atoms with van der Waals surface area (Å²) in [5.41, 5.74) is 1.65. The van der Waals surface area contributed by atoms with Gasteiger partial charge in [-0.05, 0) is 37.3 Å². The molecule has 5 nitrogen and oxygen atoms in total. The molecular formula is C14H10N2O3S. The molecule has 0 atom stereocenters. The number of fused-ring (bicyclic) bond motifs is 1. The van der Waals surface area contributed by atoms with Gasteiger partial charge in [0.15, 0.2) is 5.78 Å². The van der Waals surface area contributed by atoms with Crippen molar-refractivity contribution in [3.05, 3.63) is 40.8 Å². The van der Waals surface area contributed by atoms with Crippen LogP contribution >= 0.6 is 11.3 Å². The van der Waals surface area contributed by atoms with E-state index in [1.807, 2.05) is 6.07 Å². The summed E-state index contributed by atoms with van der Waals surface area (Å²) < 4.78 is 0. The van der Waals surface area contributed by atoms with E-state index in [0.717, 1.165) is 15.8 Å². The highest BCUT2D eigenvalue weighted by atomic mass is 32.1. The number of aromatic carboxylic acids is 1. The molecule has 6 heteroatoms. The number of thiophene rings is 1. The molecule has 0 saturated carbocycles. The molecule has 100 valence electrons. The van der Waals surface area contributed by atoms with E-state index in [9.17, 15) is 9.59 Å². The van der Waals surface area contributed by atoms with E-state index in [0.29, 0.717) is 10.6 Å². The third-order valence-corrected chi connectivity index (χ3v) is 4.19. The number of carboxylic acids is 1. The van der Waals surface area contributed by atoms with Gasteiger partial charge in [-0.25, -0.2) is 4.79 Å². The molecule has 2 aromatic heterocycles. The number of ketones is 1. The number of rotatable bonds is 3. The van der Waals surface area contributed by atoms with Gasteiger partial charge in [-0.3, -0.25) is 9.89 Å². The number of aromatic nitrogens is 2. The molecule has 0 unspecified atom stereocenters. The predicted octanol–water partition coefficient (Wildman–Crippen LogP) is 3.19. The lowest BCUT2D eigenvalue weighted by atomic mass is 10.1. The third-order valence-electron chi connectivity index (χ3n) is 3.00. The first-order chi connectivity index (χ1) is 9.56. The average molecular weight is 286 g/mol. The van der Waals surface area contributed by atoms with Gasteiger partial charge in [0.1, 0.15) is 5.69 Å². The largest absolute Gasteiger partial charge is 0.478 e. The number of hydrogen-bond acceptors (Lipinski definition) is 4. The number of nitrogens with zero attached hydrogens (tertiary/aromatic N) is 1. The fourth-order valence-electron chi connectivity index (χ4n) is 1.99. The summed E-state index contributed by atoms with van der Waals surface area (Å²) in [5, 5.41) is 16.9. The smallest absolute Gasteiger partial charge is 0.335 e. The van der Waals surface area contributed by atoms with Crippen LogP contribution in [-0.2, 0) is 0 Å². The molecule has 0 bridgehead atoms. The summed E-state index contributed by atoms with van der Waals surface area (Å²) in [5.74, 6) is -0.970. The van der Waals surface area contributed by atoms with Gasteiger partial charge in [-0.1, -0.05) is 0 Å². The first-order valence-corrected chi connectivity index (χ1v) is 6.70. The van der Waals surface area contributed by atoms with E-state index in [1.165, 1.54) is 24.3 Å². The van der Waals surface area contributed by atoms with E-state index >= 15 is 0 Å². The Kier molecular flexibility index (Phi) is 2.87. The highest BCUT2D eigenvalue weighted by molar-refractivity contribution is 7.17. The molecule has 0 aliphatic heterocycles. The second-order valence-corrected chi connectivity index (χ2v) is 5.44. The van der Waals surface area contributed by atoms with Crippen molar-refractivity contribution in [2.24, 2.45) is 0 Å². The first-order valence-electron chi connectivity index (χ1n) is 5.89. The van der Waals surface area contributed by atoms with Crippen molar-refractivity contribution in [1.82, 2.24) is 10.2 Å². The molecule has 2 heterocycles.